The number of hydrogen-bond acceptors (Lipinski definition) is 5. The maximum absolute atomic E-state index is 14.8. The first-order chi connectivity index (χ1) is 21.7. The van der Waals surface area contributed by atoms with E-state index >= 15 is 0 Å². The van der Waals surface area contributed by atoms with E-state index in [0.29, 0.717) is 24.2 Å². The Labute approximate surface area is 274 Å². The lowest BCUT2D eigenvalue weighted by Gasteiger charge is -2.35. The molecule has 0 aromatic heterocycles. The maximum Gasteiger partial charge on any atom is 0.408 e. The average molecular weight is 630 g/mol. The molecule has 3 N–H and O–H groups in total. The molecule has 0 heterocycles. The Morgan fingerprint density at radius 3 is 2.04 bits per heavy atom. The molecule has 3 amide bonds. The number of hydrogen-bond donors (Lipinski definition) is 3. The van der Waals surface area contributed by atoms with Crippen LogP contribution < -0.4 is 10.6 Å². The van der Waals surface area contributed by atoms with Crippen molar-refractivity contribution in [3.63, 3.8) is 0 Å². The molecule has 0 saturated carbocycles. The quantitative estimate of drug-likeness (QED) is 0.167. The molecule has 0 fully saturated rings. The summed E-state index contributed by atoms with van der Waals surface area (Å²) in [6.07, 6.45) is 3.01. The van der Waals surface area contributed by atoms with Gasteiger partial charge in [0.1, 0.15) is 23.4 Å². The van der Waals surface area contributed by atoms with E-state index < -0.39 is 29.7 Å². The van der Waals surface area contributed by atoms with Crippen molar-refractivity contribution in [2.24, 2.45) is 0 Å². The van der Waals surface area contributed by atoms with Crippen molar-refractivity contribution in [1.82, 2.24) is 10.2 Å². The lowest BCUT2D eigenvalue weighted by atomic mass is 9.96. The van der Waals surface area contributed by atoms with Crippen molar-refractivity contribution < 1.29 is 24.2 Å². The van der Waals surface area contributed by atoms with Crippen LogP contribution in [-0.2, 0) is 20.7 Å². The molecule has 8 nitrogen and oxygen atoms in total. The zero-order valence-electron chi connectivity index (χ0n) is 28.7. The Balaban J connectivity index is 2.14. The fraction of sp³-hybridized carbons (Fsp3) is 0.447. The Morgan fingerprint density at radius 1 is 0.870 bits per heavy atom. The summed E-state index contributed by atoms with van der Waals surface area (Å²) < 4.78 is 5.56. The molecule has 0 spiro atoms. The molecule has 0 saturated heterocycles. The summed E-state index contributed by atoms with van der Waals surface area (Å²) >= 11 is 0. The summed E-state index contributed by atoms with van der Waals surface area (Å²) in [6.45, 7) is 15.6. The minimum atomic E-state index is -1.04. The Bertz CT molecular complexity index is 1450. The van der Waals surface area contributed by atoms with Crippen LogP contribution in [0.5, 0.6) is 5.75 Å². The molecule has 8 heteroatoms. The highest BCUT2D eigenvalue weighted by molar-refractivity contribution is 6.00. The number of ether oxygens (including phenoxy) is 1. The van der Waals surface area contributed by atoms with Crippen LogP contribution in [0.4, 0.5) is 10.5 Å². The predicted molar refractivity (Wildman–Crippen MR) is 184 cm³/mol. The summed E-state index contributed by atoms with van der Waals surface area (Å²) in [5, 5.41) is 15.8. The molecule has 248 valence electrons. The van der Waals surface area contributed by atoms with E-state index in [-0.39, 0.29) is 18.1 Å². The van der Waals surface area contributed by atoms with Crippen LogP contribution in [-0.4, -0.2) is 46.1 Å². The molecule has 2 atom stereocenters. The Morgan fingerprint density at radius 2 is 1.48 bits per heavy atom. The number of para-hydroxylation sites is 1. The topological polar surface area (TPSA) is 108 Å². The van der Waals surface area contributed by atoms with E-state index in [1.165, 1.54) is 0 Å². The minimum absolute atomic E-state index is 0.0994. The second kappa shape index (κ2) is 16.3. The van der Waals surface area contributed by atoms with Crippen LogP contribution in [0.25, 0.3) is 0 Å². The molecule has 0 radical (unpaired) electrons. The Hall–Kier alpha value is -4.33. The van der Waals surface area contributed by atoms with Gasteiger partial charge in [-0.3, -0.25) is 9.59 Å². The number of aryl methyl sites for hydroxylation is 4. The van der Waals surface area contributed by atoms with E-state index in [1.54, 1.807) is 49.9 Å². The average Bonchev–Trinajstić information content (AvgIpc) is 2.95. The molecule has 0 aliphatic heterocycles. The zero-order chi connectivity index (χ0) is 34.0. The second-order valence-corrected chi connectivity index (χ2v) is 13.2. The standard InChI is InChI=1S/C38H51N3O5/c1-9-10-11-12-20-41(36(44)32(39-37(45)46-38(6,7)8)24-29-16-18-31(42)19-17-29)34(30-22-25(2)21-26(3)23-30)35(43)40-33-27(4)14-13-15-28(33)5/h13-19,21-23,32,34,42H,9-12,20,24H2,1-8H3,(H,39,45)(H,40,43). The second-order valence-electron chi connectivity index (χ2n) is 13.2. The number of rotatable bonds is 13. The van der Waals surface area contributed by atoms with Crippen LogP contribution in [0, 0.1) is 27.7 Å². The van der Waals surface area contributed by atoms with E-state index in [9.17, 15) is 19.5 Å². The number of carbonyl (C=O) groups is 3. The van der Waals surface area contributed by atoms with E-state index in [4.69, 9.17) is 4.74 Å². The van der Waals surface area contributed by atoms with Gasteiger partial charge in [0.05, 0.1) is 0 Å². The minimum Gasteiger partial charge on any atom is -0.508 e. The van der Waals surface area contributed by atoms with Gasteiger partial charge in [-0.1, -0.05) is 85.8 Å². The van der Waals surface area contributed by atoms with Gasteiger partial charge in [-0.15, -0.1) is 0 Å². The number of nitrogens with zero attached hydrogens (tertiary/aromatic N) is 1. The molecule has 3 rings (SSSR count). The van der Waals surface area contributed by atoms with Crippen molar-refractivity contribution in [2.45, 2.75) is 105 Å². The molecule has 0 aliphatic rings. The molecule has 46 heavy (non-hydrogen) atoms. The monoisotopic (exact) mass is 629 g/mol. The SMILES string of the molecule is CCCCCCN(C(=O)C(Cc1ccc(O)cc1)NC(=O)OC(C)(C)C)C(C(=O)Nc1c(C)cccc1C)c1cc(C)cc(C)c1. The van der Waals surface area contributed by atoms with Gasteiger partial charge in [0, 0.05) is 18.7 Å². The van der Waals surface area contributed by atoms with Gasteiger partial charge in [0.25, 0.3) is 5.91 Å². The molecule has 3 aromatic rings. The van der Waals surface area contributed by atoms with Crippen LogP contribution in [0.1, 0.15) is 92.8 Å². The smallest absolute Gasteiger partial charge is 0.408 e. The van der Waals surface area contributed by atoms with Crippen LogP contribution >= 0.6 is 0 Å². The third-order valence-corrected chi connectivity index (χ3v) is 7.75. The highest BCUT2D eigenvalue weighted by Gasteiger charge is 2.37. The zero-order valence-corrected chi connectivity index (χ0v) is 28.7. The maximum atomic E-state index is 14.8. The van der Waals surface area contributed by atoms with Gasteiger partial charge in [-0.25, -0.2) is 4.79 Å². The van der Waals surface area contributed by atoms with Gasteiger partial charge in [-0.05, 0) is 89.3 Å². The Kier molecular flexibility index (Phi) is 12.8. The molecule has 3 aromatic carbocycles. The van der Waals surface area contributed by atoms with Gasteiger partial charge in [-0.2, -0.15) is 0 Å². The van der Waals surface area contributed by atoms with E-state index in [1.807, 2.05) is 64.1 Å². The number of phenols is 1. The number of anilines is 1. The first kappa shape index (κ1) is 36.1. The van der Waals surface area contributed by atoms with Gasteiger partial charge >= 0.3 is 6.09 Å². The van der Waals surface area contributed by atoms with Crippen LogP contribution in [0.2, 0.25) is 0 Å². The fourth-order valence-corrected chi connectivity index (χ4v) is 5.64. The molecule has 2 unspecified atom stereocenters. The molecular weight excluding hydrogens is 578 g/mol. The number of benzene rings is 3. The number of nitrogens with one attached hydrogen (secondary N) is 2. The van der Waals surface area contributed by atoms with E-state index in [2.05, 4.69) is 17.6 Å². The lowest BCUT2D eigenvalue weighted by molar-refractivity contribution is -0.140. The third-order valence-electron chi connectivity index (χ3n) is 7.75. The van der Waals surface area contributed by atoms with Crippen molar-refractivity contribution in [3.8, 4) is 5.75 Å². The third kappa shape index (κ3) is 10.6. The normalized spacial score (nSPS) is 12.6. The van der Waals surface area contributed by atoms with Crippen LogP contribution in [0.15, 0.2) is 60.7 Å². The highest BCUT2D eigenvalue weighted by Crippen LogP contribution is 2.29. The molecular formula is C38H51N3O5. The molecule has 0 bridgehead atoms. The number of carbonyl (C=O) groups excluding carboxylic acids is 3. The first-order valence-corrected chi connectivity index (χ1v) is 16.2. The van der Waals surface area contributed by atoms with Gasteiger partial charge in [0.15, 0.2) is 0 Å². The summed E-state index contributed by atoms with van der Waals surface area (Å²) in [5.41, 5.74) is 5.18. The summed E-state index contributed by atoms with van der Waals surface area (Å²) in [5.74, 6) is -0.620. The van der Waals surface area contributed by atoms with Crippen molar-refractivity contribution in [2.75, 3.05) is 11.9 Å². The van der Waals surface area contributed by atoms with Crippen molar-refractivity contribution in [1.29, 1.82) is 0 Å². The van der Waals surface area contributed by atoms with Gasteiger partial charge < -0.3 is 25.4 Å². The number of phenolic OH excluding ortho intramolecular Hbond substituents is 1. The van der Waals surface area contributed by atoms with Crippen LogP contribution in [0.3, 0.4) is 0 Å². The predicted octanol–water partition coefficient (Wildman–Crippen LogP) is 7.85. The fourth-order valence-electron chi connectivity index (χ4n) is 5.64. The summed E-state index contributed by atoms with van der Waals surface area (Å²) in [6, 6.07) is 16.3. The number of amides is 3. The van der Waals surface area contributed by atoms with E-state index in [0.717, 1.165) is 47.1 Å². The van der Waals surface area contributed by atoms with Crippen molar-refractivity contribution in [3.05, 3.63) is 94.0 Å². The number of unbranched alkanes of at least 4 members (excludes halogenated alkanes) is 3. The first-order valence-electron chi connectivity index (χ1n) is 16.2. The van der Waals surface area contributed by atoms with Crippen molar-refractivity contribution >= 4 is 23.6 Å². The molecule has 0 aliphatic carbocycles. The largest absolute Gasteiger partial charge is 0.508 e. The van der Waals surface area contributed by atoms with Gasteiger partial charge in [0.2, 0.25) is 5.91 Å². The highest BCUT2D eigenvalue weighted by atomic mass is 16.6. The summed E-state index contributed by atoms with van der Waals surface area (Å²) in [4.78, 5) is 44.0. The summed E-state index contributed by atoms with van der Waals surface area (Å²) in [7, 11) is 0. The number of aromatic hydroxyl groups is 1. The lowest BCUT2D eigenvalue weighted by Crippen LogP contribution is -2.53. The number of alkyl carbamates (subject to hydrolysis) is 1.